The summed E-state index contributed by atoms with van der Waals surface area (Å²) < 4.78 is 12.7. The van der Waals surface area contributed by atoms with Crippen molar-refractivity contribution in [2.45, 2.75) is 19.9 Å². The van der Waals surface area contributed by atoms with E-state index in [0.717, 1.165) is 5.56 Å². The minimum Gasteiger partial charge on any atom is -0.340 e. The van der Waals surface area contributed by atoms with Crippen LogP contribution >= 0.6 is 0 Å². The van der Waals surface area contributed by atoms with Gasteiger partial charge in [-0.1, -0.05) is 19.1 Å². The quantitative estimate of drug-likeness (QED) is 0.802. The summed E-state index contributed by atoms with van der Waals surface area (Å²) >= 11 is 0. The van der Waals surface area contributed by atoms with Crippen LogP contribution in [-0.4, -0.2) is 17.9 Å². The Morgan fingerprint density at radius 2 is 2.06 bits per heavy atom. The highest BCUT2D eigenvalue weighted by Crippen LogP contribution is 2.10. The summed E-state index contributed by atoms with van der Waals surface area (Å²) in [6.07, 6.45) is 0.503. The van der Waals surface area contributed by atoms with Crippen LogP contribution < -0.4 is 0 Å². The Balaban J connectivity index is 2.66. The molecule has 1 aromatic carbocycles. The molecule has 0 heterocycles. The van der Waals surface area contributed by atoms with Gasteiger partial charge in [0.25, 0.3) is 0 Å². The molecule has 17 heavy (non-hydrogen) atoms. The zero-order valence-corrected chi connectivity index (χ0v) is 9.98. The molecule has 0 bridgehead atoms. The maximum atomic E-state index is 12.7. The number of carbonyl (C=O) groups is 1. The first-order valence-electron chi connectivity index (χ1n) is 5.47. The fourth-order valence-electron chi connectivity index (χ4n) is 1.53. The Morgan fingerprint density at radius 3 is 2.53 bits per heavy atom. The number of nitriles is 1. The molecule has 4 heteroatoms. The van der Waals surface area contributed by atoms with Crippen LogP contribution in [0.1, 0.15) is 18.9 Å². The Labute approximate surface area is 100 Å². The molecule has 0 aromatic heterocycles. The second-order valence-corrected chi connectivity index (χ2v) is 3.91. The predicted molar refractivity (Wildman–Crippen MR) is 62.3 cm³/mol. The van der Waals surface area contributed by atoms with Gasteiger partial charge in [0.1, 0.15) is 11.7 Å². The van der Waals surface area contributed by atoms with E-state index >= 15 is 0 Å². The minimum atomic E-state index is -0.597. The third kappa shape index (κ3) is 3.56. The molecule has 0 aliphatic carbocycles. The topological polar surface area (TPSA) is 44.1 Å². The van der Waals surface area contributed by atoms with E-state index in [9.17, 15) is 9.18 Å². The van der Waals surface area contributed by atoms with Crippen LogP contribution in [0.2, 0.25) is 0 Å². The van der Waals surface area contributed by atoms with Gasteiger partial charge in [-0.3, -0.25) is 4.79 Å². The Kier molecular flexibility index (Phi) is 4.65. The Morgan fingerprint density at radius 1 is 1.47 bits per heavy atom. The number of hydrogen-bond acceptors (Lipinski definition) is 2. The zero-order valence-electron chi connectivity index (χ0n) is 9.98. The van der Waals surface area contributed by atoms with Gasteiger partial charge < -0.3 is 4.90 Å². The van der Waals surface area contributed by atoms with Gasteiger partial charge in [0, 0.05) is 13.6 Å². The minimum absolute atomic E-state index is 0.195. The predicted octanol–water partition coefficient (Wildman–Crippen LogP) is 2.33. The lowest BCUT2D eigenvalue weighted by Crippen LogP contribution is -2.31. The molecule has 0 fully saturated rings. The summed E-state index contributed by atoms with van der Waals surface area (Å²) in [6, 6.07) is 7.95. The van der Waals surface area contributed by atoms with Crippen molar-refractivity contribution in [1.82, 2.24) is 4.90 Å². The molecular weight excluding hydrogens is 219 g/mol. The smallest absolute Gasteiger partial charge is 0.239 e. The SMILES string of the molecule is CCC(C#N)C(=O)N(C)Cc1ccc(F)cc1. The maximum absolute atomic E-state index is 12.7. The van der Waals surface area contributed by atoms with Gasteiger partial charge in [-0.2, -0.15) is 5.26 Å². The van der Waals surface area contributed by atoms with E-state index in [1.54, 1.807) is 26.1 Å². The largest absolute Gasteiger partial charge is 0.340 e. The highest BCUT2D eigenvalue weighted by molar-refractivity contribution is 5.80. The van der Waals surface area contributed by atoms with Crippen LogP contribution in [0.15, 0.2) is 24.3 Å². The number of benzene rings is 1. The average molecular weight is 234 g/mol. The number of halogens is 1. The van der Waals surface area contributed by atoms with Crippen LogP contribution in [0.3, 0.4) is 0 Å². The lowest BCUT2D eigenvalue weighted by Gasteiger charge is -2.19. The molecule has 0 aliphatic heterocycles. The highest BCUT2D eigenvalue weighted by Gasteiger charge is 2.19. The molecule has 1 rings (SSSR count). The van der Waals surface area contributed by atoms with Gasteiger partial charge in [0.15, 0.2) is 0 Å². The summed E-state index contributed by atoms with van der Waals surface area (Å²) in [5.41, 5.74) is 0.843. The van der Waals surface area contributed by atoms with Crippen LogP contribution in [-0.2, 0) is 11.3 Å². The molecule has 0 N–H and O–H groups in total. The molecule has 1 aromatic rings. The lowest BCUT2D eigenvalue weighted by molar-refractivity contribution is -0.133. The van der Waals surface area contributed by atoms with Crippen molar-refractivity contribution in [3.05, 3.63) is 35.6 Å². The second kappa shape index (κ2) is 6.00. The maximum Gasteiger partial charge on any atom is 0.239 e. The summed E-state index contributed by atoms with van der Waals surface area (Å²) in [5, 5.41) is 8.80. The normalized spacial score (nSPS) is 11.6. The van der Waals surface area contributed by atoms with Gasteiger partial charge in [-0.25, -0.2) is 4.39 Å². The van der Waals surface area contributed by atoms with Crippen molar-refractivity contribution >= 4 is 5.91 Å². The molecule has 1 unspecified atom stereocenters. The number of rotatable bonds is 4. The summed E-state index contributed by atoms with van der Waals surface area (Å²) in [5.74, 6) is -1.09. The van der Waals surface area contributed by atoms with E-state index in [1.807, 2.05) is 6.07 Å². The Bertz CT molecular complexity index is 422. The van der Waals surface area contributed by atoms with Gasteiger partial charge in [-0.05, 0) is 24.1 Å². The number of carbonyl (C=O) groups excluding carboxylic acids is 1. The van der Waals surface area contributed by atoms with E-state index in [0.29, 0.717) is 13.0 Å². The first-order valence-corrected chi connectivity index (χ1v) is 5.47. The van der Waals surface area contributed by atoms with Crippen molar-refractivity contribution in [3.63, 3.8) is 0 Å². The van der Waals surface area contributed by atoms with Gasteiger partial charge in [0.2, 0.25) is 5.91 Å². The molecule has 0 aliphatic rings. The van der Waals surface area contributed by atoms with Crippen LogP contribution in [0, 0.1) is 23.1 Å². The van der Waals surface area contributed by atoms with Crippen LogP contribution in [0.5, 0.6) is 0 Å². The summed E-state index contributed by atoms with van der Waals surface area (Å²) in [6.45, 7) is 2.19. The third-order valence-electron chi connectivity index (χ3n) is 2.57. The van der Waals surface area contributed by atoms with E-state index in [-0.39, 0.29) is 11.7 Å². The molecule has 1 amide bonds. The summed E-state index contributed by atoms with van der Waals surface area (Å²) in [7, 11) is 1.64. The average Bonchev–Trinajstić information content (AvgIpc) is 2.33. The van der Waals surface area contributed by atoms with Crippen molar-refractivity contribution < 1.29 is 9.18 Å². The van der Waals surface area contributed by atoms with E-state index < -0.39 is 5.92 Å². The van der Waals surface area contributed by atoms with E-state index in [2.05, 4.69) is 0 Å². The molecule has 3 nitrogen and oxygen atoms in total. The van der Waals surface area contributed by atoms with Crippen molar-refractivity contribution in [1.29, 1.82) is 5.26 Å². The summed E-state index contributed by atoms with van der Waals surface area (Å²) in [4.78, 5) is 13.3. The highest BCUT2D eigenvalue weighted by atomic mass is 19.1. The third-order valence-corrected chi connectivity index (χ3v) is 2.57. The molecule has 0 saturated carbocycles. The Hall–Kier alpha value is -1.89. The molecule has 90 valence electrons. The van der Waals surface area contributed by atoms with Crippen molar-refractivity contribution in [2.24, 2.45) is 5.92 Å². The second-order valence-electron chi connectivity index (χ2n) is 3.91. The van der Waals surface area contributed by atoms with Gasteiger partial charge >= 0.3 is 0 Å². The first-order chi connectivity index (χ1) is 8.08. The number of nitrogens with zero attached hydrogens (tertiary/aromatic N) is 2. The van der Waals surface area contributed by atoms with Gasteiger partial charge in [-0.15, -0.1) is 0 Å². The van der Waals surface area contributed by atoms with Crippen LogP contribution in [0.4, 0.5) is 4.39 Å². The van der Waals surface area contributed by atoms with E-state index in [1.165, 1.54) is 17.0 Å². The zero-order chi connectivity index (χ0) is 12.8. The fraction of sp³-hybridized carbons (Fsp3) is 0.385. The first kappa shape index (κ1) is 13.2. The van der Waals surface area contributed by atoms with Crippen molar-refractivity contribution in [2.75, 3.05) is 7.05 Å². The monoisotopic (exact) mass is 234 g/mol. The van der Waals surface area contributed by atoms with E-state index in [4.69, 9.17) is 5.26 Å². The molecular formula is C13H15FN2O. The lowest BCUT2D eigenvalue weighted by atomic mass is 10.1. The van der Waals surface area contributed by atoms with Gasteiger partial charge in [0.05, 0.1) is 6.07 Å². The number of amides is 1. The fourth-order valence-corrected chi connectivity index (χ4v) is 1.53. The molecule has 1 atom stereocenters. The molecule has 0 radical (unpaired) electrons. The van der Waals surface area contributed by atoms with Crippen LogP contribution in [0.25, 0.3) is 0 Å². The molecule has 0 saturated heterocycles. The van der Waals surface area contributed by atoms with Crippen molar-refractivity contribution in [3.8, 4) is 6.07 Å². The standard InChI is InChI=1S/C13H15FN2O/c1-3-11(8-15)13(17)16(2)9-10-4-6-12(14)7-5-10/h4-7,11H,3,9H2,1-2H3. The number of hydrogen-bond donors (Lipinski definition) is 0. The molecule has 0 spiro atoms.